The lowest BCUT2D eigenvalue weighted by Crippen LogP contribution is -2.24. The van der Waals surface area contributed by atoms with Crippen LogP contribution < -0.4 is 15.0 Å². The van der Waals surface area contributed by atoms with Gasteiger partial charge in [0.05, 0.1) is 0 Å². The van der Waals surface area contributed by atoms with Gasteiger partial charge in [-0.1, -0.05) is 44.3 Å². The minimum atomic E-state index is -2.83. The first-order chi connectivity index (χ1) is 12.3. The number of thiocarbonyl (C=S) groups is 1. The summed E-state index contributed by atoms with van der Waals surface area (Å²) in [6, 6.07) is 14.5. The van der Waals surface area contributed by atoms with Crippen LogP contribution in [0.2, 0.25) is 0 Å². The molecule has 3 rings (SSSR count). The third kappa shape index (κ3) is 3.55. The number of para-hydroxylation sites is 1. The lowest BCUT2D eigenvalue weighted by Gasteiger charge is -2.24. The number of likely N-dealkylation sites (N-methyl/N-ethyl adjacent to an activating group) is 1. The minimum Gasteiger partial charge on any atom is -0.435 e. The minimum absolute atomic E-state index is 0.113. The number of nitrogens with zero attached hydrogens (tertiary/aromatic N) is 1. The summed E-state index contributed by atoms with van der Waals surface area (Å²) in [5, 5.41) is 3.12. The van der Waals surface area contributed by atoms with Gasteiger partial charge in [0.15, 0.2) is 0 Å². The molecule has 0 bridgehead atoms. The summed E-state index contributed by atoms with van der Waals surface area (Å²) in [6.45, 7) is 1.50. The highest BCUT2D eigenvalue weighted by Gasteiger charge is 2.38. The van der Waals surface area contributed by atoms with E-state index in [9.17, 15) is 8.78 Å². The summed E-state index contributed by atoms with van der Waals surface area (Å²) in [6.07, 6.45) is 1.94. The second-order valence-electron chi connectivity index (χ2n) is 6.62. The Bertz CT molecular complexity index is 847. The average molecular weight is 374 g/mol. The van der Waals surface area contributed by atoms with E-state index in [0.717, 1.165) is 5.70 Å². The predicted octanol–water partition coefficient (Wildman–Crippen LogP) is 5.34. The van der Waals surface area contributed by atoms with E-state index in [1.54, 1.807) is 12.1 Å². The SMILES string of the molecule is CN1/C(=C\C(=S)Nc2ccc(OC(F)F)cc2)C(C)(C)c2ccccc21. The van der Waals surface area contributed by atoms with E-state index in [4.69, 9.17) is 12.2 Å². The molecule has 0 saturated carbocycles. The first kappa shape index (κ1) is 18.3. The van der Waals surface area contributed by atoms with Crippen molar-refractivity contribution < 1.29 is 13.5 Å². The molecule has 3 nitrogen and oxygen atoms in total. The molecule has 0 spiro atoms. The molecule has 0 radical (unpaired) electrons. The van der Waals surface area contributed by atoms with Crippen LogP contribution in [-0.2, 0) is 5.41 Å². The molecule has 0 aliphatic carbocycles. The number of halogens is 2. The summed E-state index contributed by atoms with van der Waals surface area (Å²) in [7, 11) is 2.03. The fourth-order valence-corrected chi connectivity index (χ4v) is 3.51. The van der Waals surface area contributed by atoms with Gasteiger partial charge in [0.1, 0.15) is 10.7 Å². The first-order valence-electron chi connectivity index (χ1n) is 8.20. The summed E-state index contributed by atoms with van der Waals surface area (Å²) in [5.41, 5.74) is 4.06. The Balaban J connectivity index is 1.77. The van der Waals surface area contributed by atoms with Gasteiger partial charge in [-0.3, -0.25) is 0 Å². The number of rotatable bonds is 4. The zero-order chi connectivity index (χ0) is 18.9. The third-order valence-corrected chi connectivity index (χ3v) is 4.78. The standard InChI is InChI=1S/C20H20F2N2OS/c1-20(2)15-6-4-5-7-16(15)24(3)17(20)12-18(26)23-13-8-10-14(11-9-13)25-19(21)22/h4-12,19H,1-3H3,(H,23,26)/b17-12-. The van der Waals surface area contributed by atoms with Crippen LogP contribution in [0.4, 0.5) is 20.2 Å². The van der Waals surface area contributed by atoms with Crippen molar-refractivity contribution in [3.63, 3.8) is 0 Å². The Morgan fingerprint density at radius 1 is 1.15 bits per heavy atom. The van der Waals surface area contributed by atoms with E-state index in [0.29, 0.717) is 10.7 Å². The van der Waals surface area contributed by atoms with Gasteiger partial charge in [-0.15, -0.1) is 0 Å². The number of hydrogen-bond acceptors (Lipinski definition) is 3. The fourth-order valence-electron chi connectivity index (χ4n) is 3.28. The number of nitrogens with one attached hydrogen (secondary N) is 1. The summed E-state index contributed by atoms with van der Waals surface area (Å²) in [5.74, 6) is 0.113. The number of ether oxygens (including phenoxy) is 1. The molecule has 0 atom stereocenters. The number of fused-ring (bicyclic) bond motifs is 1. The zero-order valence-electron chi connectivity index (χ0n) is 14.8. The van der Waals surface area contributed by atoms with E-state index in [1.807, 2.05) is 25.3 Å². The topological polar surface area (TPSA) is 24.5 Å². The van der Waals surface area contributed by atoms with Gasteiger partial charge < -0.3 is 15.0 Å². The van der Waals surface area contributed by atoms with Crippen LogP contribution >= 0.6 is 12.2 Å². The van der Waals surface area contributed by atoms with Crippen molar-refractivity contribution in [1.82, 2.24) is 0 Å². The molecule has 2 aromatic carbocycles. The van der Waals surface area contributed by atoms with Crippen molar-refractivity contribution in [2.24, 2.45) is 0 Å². The van der Waals surface area contributed by atoms with Crippen molar-refractivity contribution in [2.45, 2.75) is 25.9 Å². The van der Waals surface area contributed by atoms with Crippen LogP contribution in [0.25, 0.3) is 0 Å². The Hall–Kier alpha value is -2.47. The smallest absolute Gasteiger partial charge is 0.387 e. The van der Waals surface area contributed by atoms with Gasteiger partial charge in [0.2, 0.25) is 0 Å². The molecule has 1 aliphatic heterocycles. The van der Waals surface area contributed by atoms with E-state index >= 15 is 0 Å². The van der Waals surface area contributed by atoms with E-state index in [2.05, 4.69) is 40.9 Å². The van der Waals surface area contributed by atoms with Gasteiger partial charge in [0, 0.05) is 29.5 Å². The number of allylic oxidation sites excluding steroid dienone is 1. The molecular weight excluding hydrogens is 354 g/mol. The highest BCUT2D eigenvalue weighted by atomic mass is 32.1. The number of anilines is 2. The largest absolute Gasteiger partial charge is 0.435 e. The van der Waals surface area contributed by atoms with Crippen LogP contribution in [0.5, 0.6) is 5.75 Å². The van der Waals surface area contributed by atoms with E-state index < -0.39 is 6.61 Å². The monoisotopic (exact) mass is 374 g/mol. The number of alkyl halides is 2. The average Bonchev–Trinajstić information content (AvgIpc) is 2.78. The van der Waals surface area contributed by atoms with Gasteiger partial charge >= 0.3 is 6.61 Å². The van der Waals surface area contributed by atoms with Crippen LogP contribution in [-0.4, -0.2) is 18.6 Å². The number of benzene rings is 2. The van der Waals surface area contributed by atoms with Crippen LogP contribution in [0, 0.1) is 0 Å². The Morgan fingerprint density at radius 3 is 2.42 bits per heavy atom. The third-order valence-electron chi connectivity index (χ3n) is 4.56. The van der Waals surface area contributed by atoms with Crippen LogP contribution in [0.15, 0.2) is 60.3 Å². The van der Waals surface area contributed by atoms with Gasteiger partial charge in [-0.2, -0.15) is 8.78 Å². The Labute approximate surface area is 157 Å². The summed E-state index contributed by atoms with van der Waals surface area (Å²) < 4.78 is 28.8. The van der Waals surface area contributed by atoms with Crippen molar-refractivity contribution in [3.05, 3.63) is 65.9 Å². The summed E-state index contributed by atoms with van der Waals surface area (Å²) in [4.78, 5) is 2.69. The molecule has 0 fully saturated rings. The molecule has 2 aromatic rings. The second kappa shape index (κ2) is 7.03. The summed E-state index contributed by atoms with van der Waals surface area (Å²) >= 11 is 5.48. The maximum Gasteiger partial charge on any atom is 0.387 e. The first-order valence-corrected chi connectivity index (χ1v) is 8.61. The molecular formula is C20H20F2N2OS. The molecule has 0 aromatic heterocycles. The molecule has 6 heteroatoms. The molecule has 26 heavy (non-hydrogen) atoms. The van der Waals surface area contributed by atoms with E-state index in [-0.39, 0.29) is 11.2 Å². The van der Waals surface area contributed by atoms with Gasteiger partial charge in [-0.05, 0) is 42.0 Å². The maximum absolute atomic E-state index is 12.2. The van der Waals surface area contributed by atoms with Crippen molar-refractivity contribution >= 4 is 28.6 Å². The highest BCUT2D eigenvalue weighted by molar-refractivity contribution is 7.81. The number of hydrogen-bond donors (Lipinski definition) is 1. The molecule has 1 aliphatic rings. The maximum atomic E-state index is 12.2. The predicted molar refractivity (Wildman–Crippen MR) is 105 cm³/mol. The zero-order valence-corrected chi connectivity index (χ0v) is 15.6. The Kier molecular flexibility index (Phi) is 4.96. The lowest BCUT2D eigenvalue weighted by molar-refractivity contribution is -0.0498. The molecule has 0 unspecified atom stereocenters. The highest BCUT2D eigenvalue weighted by Crippen LogP contribution is 2.46. The fraction of sp³-hybridized carbons (Fsp3) is 0.250. The van der Waals surface area contributed by atoms with Crippen molar-refractivity contribution in [1.29, 1.82) is 0 Å². The molecule has 1 heterocycles. The molecule has 0 amide bonds. The molecule has 1 N–H and O–H groups in total. The van der Waals surface area contributed by atoms with E-state index in [1.165, 1.54) is 23.4 Å². The van der Waals surface area contributed by atoms with Gasteiger partial charge in [0.25, 0.3) is 0 Å². The molecule has 136 valence electrons. The normalized spacial score (nSPS) is 16.7. The van der Waals surface area contributed by atoms with Crippen LogP contribution in [0.1, 0.15) is 19.4 Å². The quantitative estimate of drug-likeness (QED) is 0.577. The van der Waals surface area contributed by atoms with Crippen molar-refractivity contribution in [2.75, 3.05) is 17.3 Å². The Morgan fingerprint density at radius 2 is 1.81 bits per heavy atom. The second-order valence-corrected chi connectivity index (χ2v) is 7.06. The van der Waals surface area contributed by atoms with Crippen LogP contribution in [0.3, 0.4) is 0 Å². The lowest BCUT2D eigenvalue weighted by atomic mass is 9.84. The molecule has 0 saturated heterocycles. The van der Waals surface area contributed by atoms with Crippen molar-refractivity contribution in [3.8, 4) is 5.75 Å². The van der Waals surface area contributed by atoms with Gasteiger partial charge in [-0.25, -0.2) is 0 Å².